The van der Waals surface area contributed by atoms with Gasteiger partial charge in [-0.3, -0.25) is 0 Å². The van der Waals surface area contributed by atoms with Gasteiger partial charge in [-0.25, -0.2) is 0 Å². The van der Waals surface area contributed by atoms with Crippen LogP contribution in [0.25, 0.3) is 10.4 Å². The number of aliphatic hydroxyl groups excluding tert-OH is 2. The van der Waals surface area contributed by atoms with E-state index in [1.165, 1.54) is 0 Å². The monoisotopic (exact) mass is 245 g/mol. The summed E-state index contributed by atoms with van der Waals surface area (Å²) < 4.78 is 16.5. The Kier molecular flexibility index (Phi) is 3.03. The molecule has 2 rings (SSSR count). The fourth-order valence-corrected chi connectivity index (χ4v) is 2.20. The van der Waals surface area contributed by atoms with Crippen LogP contribution in [-0.4, -0.2) is 53.3 Å². The molecule has 0 amide bonds. The molecule has 0 unspecified atom stereocenters. The van der Waals surface area contributed by atoms with Crippen LogP contribution in [0.1, 0.15) is 13.8 Å². The van der Waals surface area contributed by atoms with Crippen molar-refractivity contribution >= 4 is 0 Å². The van der Waals surface area contributed by atoms with Crippen molar-refractivity contribution in [1.82, 2.24) is 0 Å². The topological polar surface area (TPSA) is 117 Å². The highest BCUT2D eigenvalue weighted by Crippen LogP contribution is 2.43. The molecule has 2 aliphatic heterocycles. The molecule has 0 radical (unpaired) electrons. The minimum Gasteiger partial charge on any atom is -0.393 e. The number of hydrogen-bond donors (Lipinski definition) is 2. The lowest BCUT2D eigenvalue weighted by molar-refractivity contribution is -0.239. The number of rotatable bonds is 3. The van der Waals surface area contributed by atoms with Crippen molar-refractivity contribution in [1.29, 1.82) is 0 Å². The van der Waals surface area contributed by atoms with Gasteiger partial charge in [-0.15, -0.1) is 0 Å². The molecule has 96 valence electrons. The Bertz CT molecular complexity index is 351. The molecule has 0 aliphatic carbocycles. The summed E-state index contributed by atoms with van der Waals surface area (Å²) in [6.07, 6.45) is -1.38. The summed E-state index contributed by atoms with van der Waals surface area (Å²) in [5.74, 6) is -0.838. The van der Waals surface area contributed by atoms with Gasteiger partial charge in [0.25, 0.3) is 0 Å². The number of fused-ring (bicyclic) bond motifs is 1. The third kappa shape index (κ3) is 1.89. The van der Waals surface area contributed by atoms with Gasteiger partial charge in [0.2, 0.25) is 0 Å². The van der Waals surface area contributed by atoms with Gasteiger partial charge in [-0.05, 0) is 19.4 Å². The molecule has 2 heterocycles. The van der Waals surface area contributed by atoms with Crippen LogP contribution in [0, 0.1) is 0 Å². The molecular formula is C9H15N3O5. The largest absolute Gasteiger partial charge is 0.393 e. The maximum Gasteiger partial charge on any atom is 0.188 e. The quantitative estimate of drug-likeness (QED) is 0.409. The van der Waals surface area contributed by atoms with E-state index in [4.69, 9.17) is 19.7 Å². The van der Waals surface area contributed by atoms with Crippen LogP contribution in [0.15, 0.2) is 5.11 Å². The van der Waals surface area contributed by atoms with Gasteiger partial charge in [0.1, 0.15) is 17.7 Å². The molecule has 2 saturated heterocycles. The lowest BCUT2D eigenvalue weighted by Gasteiger charge is -2.31. The van der Waals surface area contributed by atoms with Gasteiger partial charge < -0.3 is 24.4 Å². The Hall–Kier alpha value is -0.890. The Labute approximate surface area is 97.7 Å². The zero-order valence-electron chi connectivity index (χ0n) is 9.61. The number of azide groups is 1. The first-order valence-corrected chi connectivity index (χ1v) is 5.27. The van der Waals surface area contributed by atoms with E-state index in [2.05, 4.69) is 10.0 Å². The van der Waals surface area contributed by atoms with E-state index in [9.17, 15) is 10.2 Å². The van der Waals surface area contributed by atoms with E-state index < -0.39 is 43.0 Å². The Morgan fingerprint density at radius 1 is 1.24 bits per heavy atom. The van der Waals surface area contributed by atoms with Crippen LogP contribution in [0.2, 0.25) is 0 Å². The standard InChI is InChI=1S/C9H15N3O5/c1-8(2)15-5-6(11-12-10)9(3-13,4-14)17-7(5)16-8/h5-7,13-14H,3-4H2,1-2H3/t5-,6+,7+/m1/s1. The second-order valence-electron chi connectivity index (χ2n) is 4.62. The van der Waals surface area contributed by atoms with Gasteiger partial charge in [0, 0.05) is 4.91 Å². The highest BCUT2D eigenvalue weighted by Gasteiger charge is 2.61. The first-order valence-electron chi connectivity index (χ1n) is 5.27. The van der Waals surface area contributed by atoms with Crippen LogP contribution in [0.3, 0.4) is 0 Å². The molecule has 2 fully saturated rings. The molecule has 8 nitrogen and oxygen atoms in total. The van der Waals surface area contributed by atoms with Crippen LogP contribution in [0.4, 0.5) is 0 Å². The van der Waals surface area contributed by atoms with E-state index >= 15 is 0 Å². The van der Waals surface area contributed by atoms with Crippen molar-refractivity contribution in [2.24, 2.45) is 5.11 Å². The first-order chi connectivity index (χ1) is 7.98. The predicted octanol–water partition coefficient (Wildman–Crippen LogP) is -0.104. The maximum atomic E-state index is 9.32. The van der Waals surface area contributed by atoms with Crippen molar-refractivity contribution in [2.45, 2.75) is 43.7 Å². The summed E-state index contributed by atoms with van der Waals surface area (Å²) in [5.41, 5.74) is 7.19. The minimum absolute atomic E-state index is 0.479. The Balaban J connectivity index is 2.30. The smallest absolute Gasteiger partial charge is 0.188 e. The molecule has 0 saturated carbocycles. The number of hydrogen-bond acceptors (Lipinski definition) is 6. The molecule has 2 aliphatic rings. The zero-order valence-corrected chi connectivity index (χ0v) is 9.61. The van der Waals surface area contributed by atoms with Crippen molar-refractivity contribution in [3.8, 4) is 0 Å². The molecule has 17 heavy (non-hydrogen) atoms. The molecular weight excluding hydrogens is 230 g/mol. The Morgan fingerprint density at radius 3 is 2.41 bits per heavy atom. The van der Waals surface area contributed by atoms with Crippen molar-refractivity contribution in [2.75, 3.05) is 13.2 Å². The third-order valence-corrected chi connectivity index (χ3v) is 3.00. The molecule has 0 aromatic rings. The summed E-state index contributed by atoms with van der Waals surface area (Å²) in [7, 11) is 0. The normalized spacial score (nSPS) is 37.5. The SMILES string of the molecule is CC1(C)O[C@H]2OC(CO)(CO)[C@@H](N=[N+]=[N-])[C@H]2O1. The van der Waals surface area contributed by atoms with E-state index in [-0.39, 0.29) is 0 Å². The molecule has 2 N–H and O–H groups in total. The Morgan fingerprint density at radius 2 is 1.88 bits per heavy atom. The van der Waals surface area contributed by atoms with Crippen molar-refractivity contribution in [3.05, 3.63) is 10.4 Å². The second-order valence-corrected chi connectivity index (χ2v) is 4.62. The second kappa shape index (κ2) is 4.09. The molecule has 0 spiro atoms. The molecule has 0 aromatic carbocycles. The van der Waals surface area contributed by atoms with Crippen LogP contribution < -0.4 is 0 Å². The summed E-state index contributed by atoms with van der Waals surface area (Å²) in [6.45, 7) is 2.46. The van der Waals surface area contributed by atoms with E-state index in [0.29, 0.717) is 0 Å². The first kappa shape index (κ1) is 12.6. The fraction of sp³-hybridized carbons (Fsp3) is 1.00. The lowest BCUT2D eigenvalue weighted by atomic mass is 9.95. The molecule has 0 bridgehead atoms. The van der Waals surface area contributed by atoms with Gasteiger partial charge in [-0.1, -0.05) is 5.11 Å². The van der Waals surface area contributed by atoms with Crippen LogP contribution >= 0.6 is 0 Å². The summed E-state index contributed by atoms with van der Waals surface area (Å²) in [4.78, 5) is 2.70. The van der Waals surface area contributed by atoms with E-state index in [1.807, 2.05) is 0 Å². The molecule has 8 heteroatoms. The van der Waals surface area contributed by atoms with E-state index in [0.717, 1.165) is 0 Å². The maximum absolute atomic E-state index is 9.32. The summed E-state index contributed by atoms with van der Waals surface area (Å²) >= 11 is 0. The van der Waals surface area contributed by atoms with Gasteiger partial charge >= 0.3 is 0 Å². The average Bonchev–Trinajstić information content (AvgIpc) is 2.71. The van der Waals surface area contributed by atoms with Gasteiger partial charge in [0.15, 0.2) is 12.1 Å². The molecule has 3 atom stereocenters. The van der Waals surface area contributed by atoms with Crippen LogP contribution in [0.5, 0.6) is 0 Å². The number of nitrogens with zero attached hydrogens (tertiary/aromatic N) is 3. The average molecular weight is 245 g/mol. The fourth-order valence-electron chi connectivity index (χ4n) is 2.20. The van der Waals surface area contributed by atoms with Crippen molar-refractivity contribution < 1.29 is 24.4 Å². The van der Waals surface area contributed by atoms with E-state index in [1.54, 1.807) is 13.8 Å². The summed E-state index contributed by atoms with van der Waals surface area (Å²) in [6, 6.07) is -0.825. The third-order valence-electron chi connectivity index (χ3n) is 3.00. The number of aliphatic hydroxyl groups is 2. The molecule has 0 aromatic heterocycles. The van der Waals surface area contributed by atoms with Gasteiger partial charge in [-0.2, -0.15) is 0 Å². The minimum atomic E-state index is -1.35. The van der Waals surface area contributed by atoms with Gasteiger partial charge in [0.05, 0.1) is 13.2 Å². The zero-order chi connectivity index (χ0) is 12.7. The van der Waals surface area contributed by atoms with Crippen molar-refractivity contribution in [3.63, 3.8) is 0 Å². The highest BCUT2D eigenvalue weighted by molar-refractivity contribution is 5.07. The lowest BCUT2D eigenvalue weighted by Crippen LogP contribution is -2.49. The highest BCUT2D eigenvalue weighted by atomic mass is 16.8. The summed E-state index contributed by atoms with van der Waals surface area (Å²) in [5, 5.41) is 22.2. The predicted molar refractivity (Wildman–Crippen MR) is 54.7 cm³/mol. The number of ether oxygens (including phenoxy) is 3. The van der Waals surface area contributed by atoms with Crippen LogP contribution in [-0.2, 0) is 14.2 Å².